The van der Waals surface area contributed by atoms with E-state index in [0.29, 0.717) is 17.2 Å². The van der Waals surface area contributed by atoms with Gasteiger partial charge < -0.3 is 5.32 Å². The van der Waals surface area contributed by atoms with Gasteiger partial charge in [0.1, 0.15) is 4.21 Å². The third-order valence-corrected chi connectivity index (χ3v) is 8.46. The SMILES string of the molecule is CSc1cccc(NC(=O)C[C@H]2CCCCN2S(=O)(=O)c2cccs2)c1. The molecule has 2 heterocycles. The van der Waals surface area contributed by atoms with E-state index in [1.54, 1.807) is 29.3 Å². The van der Waals surface area contributed by atoms with Crippen molar-refractivity contribution in [3.05, 3.63) is 41.8 Å². The van der Waals surface area contributed by atoms with Crippen molar-refractivity contribution >= 4 is 44.7 Å². The second-order valence-electron chi connectivity index (χ2n) is 6.18. The number of thioether (sulfide) groups is 1. The number of hydrogen-bond acceptors (Lipinski definition) is 5. The summed E-state index contributed by atoms with van der Waals surface area (Å²) < 4.78 is 27.6. The van der Waals surface area contributed by atoms with Gasteiger partial charge in [-0.3, -0.25) is 4.79 Å². The van der Waals surface area contributed by atoms with Crippen molar-refractivity contribution in [1.29, 1.82) is 0 Å². The summed E-state index contributed by atoms with van der Waals surface area (Å²) in [6.45, 7) is 0.472. The zero-order chi connectivity index (χ0) is 18.6. The summed E-state index contributed by atoms with van der Waals surface area (Å²) in [5.74, 6) is -0.151. The minimum absolute atomic E-state index is 0.151. The van der Waals surface area contributed by atoms with Gasteiger partial charge in [-0.25, -0.2) is 8.42 Å². The Morgan fingerprint density at radius 2 is 2.15 bits per heavy atom. The molecule has 26 heavy (non-hydrogen) atoms. The Morgan fingerprint density at radius 1 is 1.31 bits per heavy atom. The largest absolute Gasteiger partial charge is 0.326 e. The van der Waals surface area contributed by atoms with Crippen LogP contribution in [0.25, 0.3) is 0 Å². The van der Waals surface area contributed by atoms with E-state index in [2.05, 4.69) is 5.32 Å². The number of carbonyl (C=O) groups excluding carboxylic acids is 1. The fraction of sp³-hybridized carbons (Fsp3) is 0.389. The maximum Gasteiger partial charge on any atom is 0.252 e. The fourth-order valence-electron chi connectivity index (χ4n) is 3.15. The third-order valence-electron chi connectivity index (χ3n) is 4.41. The summed E-state index contributed by atoms with van der Waals surface area (Å²) in [4.78, 5) is 13.6. The molecule has 0 spiro atoms. The average Bonchev–Trinajstić information content (AvgIpc) is 3.17. The normalized spacial score (nSPS) is 18.6. The Kier molecular flexibility index (Phi) is 6.39. The molecule has 1 fully saturated rings. The molecular weight excluding hydrogens is 388 g/mol. The topological polar surface area (TPSA) is 66.5 Å². The van der Waals surface area contributed by atoms with Crippen LogP contribution in [0.15, 0.2) is 50.9 Å². The van der Waals surface area contributed by atoms with E-state index < -0.39 is 10.0 Å². The van der Waals surface area contributed by atoms with E-state index in [0.717, 1.165) is 23.4 Å². The number of thiophene rings is 1. The first kappa shape index (κ1) is 19.4. The molecule has 0 unspecified atom stereocenters. The Labute approximate surface area is 162 Å². The van der Waals surface area contributed by atoms with Crippen molar-refractivity contribution in [2.75, 3.05) is 18.1 Å². The Morgan fingerprint density at radius 3 is 2.88 bits per heavy atom. The minimum atomic E-state index is -3.53. The minimum Gasteiger partial charge on any atom is -0.326 e. The summed E-state index contributed by atoms with van der Waals surface area (Å²) in [6, 6.07) is 10.7. The zero-order valence-electron chi connectivity index (χ0n) is 14.6. The number of piperidine rings is 1. The fourth-order valence-corrected chi connectivity index (χ4v) is 6.42. The highest BCUT2D eigenvalue weighted by Gasteiger charge is 2.35. The van der Waals surface area contributed by atoms with Gasteiger partial charge in [0, 0.05) is 29.6 Å². The summed E-state index contributed by atoms with van der Waals surface area (Å²) in [5.41, 5.74) is 0.741. The molecule has 1 amide bonds. The van der Waals surface area contributed by atoms with Crippen LogP contribution in [0.4, 0.5) is 5.69 Å². The lowest BCUT2D eigenvalue weighted by molar-refractivity contribution is -0.117. The van der Waals surface area contributed by atoms with Gasteiger partial charge in [0.25, 0.3) is 10.0 Å². The smallest absolute Gasteiger partial charge is 0.252 e. The van der Waals surface area contributed by atoms with E-state index in [1.807, 2.05) is 30.5 Å². The lowest BCUT2D eigenvalue weighted by Gasteiger charge is -2.34. The van der Waals surface area contributed by atoms with E-state index in [9.17, 15) is 13.2 Å². The van der Waals surface area contributed by atoms with E-state index in [-0.39, 0.29) is 18.4 Å². The van der Waals surface area contributed by atoms with Gasteiger partial charge in [-0.2, -0.15) is 4.31 Å². The number of nitrogens with one attached hydrogen (secondary N) is 1. The molecule has 140 valence electrons. The maximum atomic E-state index is 12.9. The Hall–Kier alpha value is -1.35. The standard InChI is InChI=1S/C18H22N2O3S3/c1-24-16-8-4-6-14(12-16)19-17(21)13-15-7-2-3-10-20(15)26(22,23)18-9-5-11-25-18/h4-6,8-9,11-12,15H,2-3,7,10,13H2,1H3,(H,19,21)/t15-/m1/s1. The van der Waals surface area contributed by atoms with Crippen LogP contribution >= 0.6 is 23.1 Å². The van der Waals surface area contributed by atoms with E-state index in [4.69, 9.17) is 0 Å². The van der Waals surface area contributed by atoms with Gasteiger partial charge in [0.2, 0.25) is 5.91 Å². The molecule has 2 aromatic rings. The lowest BCUT2D eigenvalue weighted by atomic mass is 10.0. The van der Waals surface area contributed by atoms with Crippen LogP contribution in [-0.4, -0.2) is 37.5 Å². The molecule has 0 radical (unpaired) electrons. The molecule has 1 N–H and O–H groups in total. The molecule has 1 saturated heterocycles. The van der Waals surface area contributed by atoms with E-state index in [1.165, 1.54) is 15.6 Å². The van der Waals surface area contributed by atoms with Crippen LogP contribution in [0.3, 0.4) is 0 Å². The van der Waals surface area contributed by atoms with Gasteiger partial charge in [-0.1, -0.05) is 18.6 Å². The molecule has 0 bridgehead atoms. The Balaban J connectivity index is 1.71. The number of nitrogens with zero attached hydrogens (tertiary/aromatic N) is 1. The van der Waals surface area contributed by atoms with Crippen molar-refractivity contribution < 1.29 is 13.2 Å². The quantitative estimate of drug-likeness (QED) is 0.730. The summed E-state index contributed by atoms with van der Waals surface area (Å²) in [5, 5.41) is 4.66. The maximum absolute atomic E-state index is 12.9. The number of carbonyl (C=O) groups is 1. The number of amides is 1. The first-order valence-corrected chi connectivity index (χ1v) is 12.0. The van der Waals surface area contributed by atoms with Crippen molar-refractivity contribution in [1.82, 2.24) is 4.31 Å². The summed E-state index contributed by atoms with van der Waals surface area (Å²) in [6.07, 6.45) is 4.64. The van der Waals surface area contributed by atoms with Crippen LogP contribution < -0.4 is 5.32 Å². The van der Waals surface area contributed by atoms with E-state index >= 15 is 0 Å². The Bertz CT molecular complexity index is 850. The van der Waals surface area contributed by atoms with Crippen LogP contribution in [0.5, 0.6) is 0 Å². The predicted molar refractivity (Wildman–Crippen MR) is 107 cm³/mol. The van der Waals surface area contributed by atoms with Gasteiger partial charge in [-0.15, -0.1) is 23.1 Å². The van der Waals surface area contributed by atoms with Crippen LogP contribution in [0.2, 0.25) is 0 Å². The number of sulfonamides is 1. The highest BCUT2D eigenvalue weighted by Crippen LogP contribution is 2.29. The molecule has 8 heteroatoms. The van der Waals surface area contributed by atoms with Gasteiger partial charge in [-0.05, 0) is 48.7 Å². The van der Waals surface area contributed by atoms with Crippen molar-refractivity contribution in [3.63, 3.8) is 0 Å². The lowest BCUT2D eigenvalue weighted by Crippen LogP contribution is -2.45. The summed E-state index contributed by atoms with van der Waals surface area (Å²) >= 11 is 2.83. The molecule has 5 nitrogen and oxygen atoms in total. The molecule has 1 aliphatic heterocycles. The molecule has 1 aromatic heterocycles. The number of anilines is 1. The second-order valence-corrected chi connectivity index (χ2v) is 10.1. The van der Waals surface area contributed by atoms with Crippen LogP contribution in [0.1, 0.15) is 25.7 Å². The van der Waals surface area contributed by atoms with Crippen LogP contribution in [0, 0.1) is 0 Å². The van der Waals surface area contributed by atoms with Crippen LogP contribution in [-0.2, 0) is 14.8 Å². The molecular formula is C18H22N2O3S3. The highest BCUT2D eigenvalue weighted by molar-refractivity contribution is 7.98. The van der Waals surface area contributed by atoms with Gasteiger partial charge in [0.05, 0.1) is 0 Å². The average molecular weight is 411 g/mol. The molecule has 1 aromatic carbocycles. The predicted octanol–water partition coefficient (Wildman–Crippen LogP) is 4.04. The van der Waals surface area contributed by atoms with Crippen molar-refractivity contribution in [3.8, 4) is 0 Å². The summed E-state index contributed by atoms with van der Waals surface area (Å²) in [7, 11) is -3.53. The number of hydrogen-bond donors (Lipinski definition) is 1. The number of benzene rings is 1. The first-order valence-electron chi connectivity index (χ1n) is 8.50. The van der Waals surface area contributed by atoms with Crippen molar-refractivity contribution in [2.24, 2.45) is 0 Å². The molecule has 0 aliphatic carbocycles. The second kappa shape index (κ2) is 8.56. The third kappa shape index (κ3) is 4.49. The van der Waals surface area contributed by atoms with Crippen molar-refractivity contribution in [2.45, 2.75) is 40.8 Å². The molecule has 3 rings (SSSR count). The molecule has 1 aliphatic rings. The molecule has 1 atom stereocenters. The number of rotatable bonds is 6. The molecule has 0 saturated carbocycles. The first-order chi connectivity index (χ1) is 12.5. The highest BCUT2D eigenvalue weighted by atomic mass is 32.2. The van der Waals surface area contributed by atoms with Gasteiger partial charge >= 0.3 is 0 Å². The van der Waals surface area contributed by atoms with Gasteiger partial charge in [0.15, 0.2) is 0 Å². The zero-order valence-corrected chi connectivity index (χ0v) is 17.0. The monoisotopic (exact) mass is 410 g/mol.